The maximum atomic E-state index is 11.9. The van der Waals surface area contributed by atoms with E-state index in [4.69, 9.17) is 10.8 Å². The summed E-state index contributed by atoms with van der Waals surface area (Å²) in [5.41, 5.74) is 5.54. The summed E-state index contributed by atoms with van der Waals surface area (Å²) in [7, 11) is 0. The highest BCUT2D eigenvalue weighted by Gasteiger charge is 2.19. The molecule has 0 saturated carbocycles. The van der Waals surface area contributed by atoms with E-state index in [2.05, 4.69) is 5.32 Å². The molecule has 0 aliphatic carbocycles. The van der Waals surface area contributed by atoms with Crippen molar-refractivity contribution in [3.8, 4) is 5.75 Å². The minimum Gasteiger partial charge on any atom is -0.508 e. The van der Waals surface area contributed by atoms with E-state index in [1.165, 1.54) is 12.1 Å². The molecule has 0 heterocycles. The number of amides is 1. The average Bonchev–Trinajstić information content (AvgIpc) is 2.38. The van der Waals surface area contributed by atoms with Gasteiger partial charge in [-0.25, -0.2) is 4.79 Å². The molecule has 0 bridgehead atoms. The molecule has 0 spiro atoms. The van der Waals surface area contributed by atoms with Crippen LogP contribution in [-0.2, 0) is 4.79 Å². The van der Waals surface area contributed by atoms with Crippen molar-refractivity contribution in [2.45, 2.75) is 33.1 Å². The zero-order chi connectivity index (χ0) is 16.0. The van der Waals surface area contributed by atoms with Gasteiger partial charge < -0.3 is 21.3 Å². The van der Waals surface area contributed by atoms with E-state index < -0.39 is 5.97 Å². The lowest BCUT2D eigenvalue weighted by Gasteiger charge is -2.23. The van der Waals surface area contributed by atoms with Gasteiger partial charge in [-0.05, 0) is 43.0 Å². The first-order valence-electron chi connectivity index (χ1n) is 6.81. The van der Waals surface area contributed by atoms with Gasteiger partial charge in [0.15, 0.2) is 0 Å². The van der Waals surface area contributed by atoms with Gasteiger partial charge in [-0.2, -0.15) is 0 Å². The Kier molecular flexibility index (Phi) is 5.72. The summed E-state index contributed by atoms with van der Waals surface area (Å²) in [5.74, 6) is -1.62. The van der Waals surface area contributed by atoms with Crippen molar-refractivity contribution in [3.63, 3.8) is 0 Å². The maximum Gasteiger partial charge on any atom is 0.337 e. The summed E-state index contributed by atoms with van der Waals surface area (Å²) >= 11 is 0. The molecule has 0 radical (unpaired) electrons. The van der Waals surface area contributed by atoms with Crippen LogP contribution in [0.15, 0.2) is 18.2 Å². The van der Waals surface area contributed by atoms with Crippen molar-refractivity contribution in [1.82, 2.24) is 0 Å². The highest BCUT2D eigenvalue weighted by atomic mass is 16.4. The first kappa shape index (κ1) is 17.0. The quantitative estimate of drug-likeness (QED) is 0.576. The minimum absolute atomic E-state index is 0.0311. The van der Waals surface area contributed by atoms with E-state index in [9.17, 15) is 14.7 Å². The Morgan fingerprint density at radius 2 is 1.95 bits per heavy atom. The highest BCUT2D eigenvalue weighted by molar-refractivity contribution is 6.00. The molecule has 1 rings (SSSR count). The number of nitrogens with one attached hydrogen (secondary N) is 1. The van der Waals surface area contributed by atoms with Crippen LogP contribution in [0.5, 0.6) is 5.75 Å². The zero-order valence-corrected chi connectivity index (χ0v) is 12.3. The number of carboxylic acid groups (broad SMARTS) is 1. The number of benzene rings is 1. The van der Waals surface area contributed by atoms with Crippen LogP contribution in [0.2, 0.25) is 0 Å². The highest BCUT2D eigenvalue weighted by Crippen LogP contribution is 2.27. The van der Waals surface area contributed by atoms with E-state index in [0.29, 0.717) is 13.0 Å². The number of nitrogens with two attached hydrogens (primary N) is 1. The number of anilines is 1. The van der Waals surface area contributed by atoms with Gasteiger partial charge >= 0.3 is 5.97 Å². The summed E-state index contributed by atoms with van der Waals surface area (Å²) in [6, 6.07) is 3.82. The van der Waals surface area contributed by atoms with Crippen LogP contribution in [0.1, 0.15) is 43.5 Å². The normalized spacial score (nSPS) is 11.2. The molecule has 0 unspecified atom stereocenters. The number of carbonyl (C=O) groups excluding carboxylic acids is 1. The third-order valence-electron chi connectivity index (χ3n) is 3.36. The Morgan fingerprint density at radius 1 is 1.29 bits per heavy atom. The molecule has 0 saturated heterocycles. The maximum absolute atomic E-state index is 11.9. The van der Waals surface area contributed by atoms with Gasteiger partial charge in [-0.1, -0.05) is 13.8 Å². The van der Waals surface area contributed by atoms with Crippen LogP contribution < -0.4 is 11.1 Å². The fourth-order valence-electron chi connectivity index (χ4n) is 2.00. The summed E-state index contributed by atoms with van der Waals surface area (Å²) < 4.78 is 0. The molecule has 116 valence electrons. The topological polar surface area (TPSA) is 113 Å². The van der Waals surface area contributed by atoms with E-state index in [0.717, 1.165) is 12.5 Å². The van der Waals surface area contributed by atoms with Gasteiger partial charge in [0.1, 0.15) is 5.75 Å². The standard InChI is InChI=1S/C15H22N2O4/c1-15(2,7-8-16)6-5-13(19)17-12-4-3-10(18)9-11(12)14(20)21/h3-4,9,18H,5-8,16H2,1-2H3,(H,17,19)(H,20,21). The number of hydrogen-bond acceptors (Lipinski definition) is 4. The third-order valence-corrected chi connectivity index (χ3v) is 3.36. The van der Waals surface area contributed by atoms with Gasteiger partial charge in [0.05, 0.1) is 11.3 Å². The molecule has 6 heteroatoms. The number of carboxylic acids is 1. The second-order valence-corrected chi connectivity index (χ2v) is 5.79. The molecule has 6 nitrogen and oxygen atoms in total. The van der Waals surface area contributed by atoms with Crippen LogP contribution in [0.25, 0.3) is 0 Å². The molecule has 1 aromatic rings. The van der Waals surface area contributed by atoms with Crippen molar-refractivity contribution >= 4 is 17.6 Å². The number of hydrogen-bond donors (Lipinski definition) is 4. The van der Waals surface area contributed by atoms with Gasteiger partial charge in [-0.15, -0.1) is 0 Å². The molecular formula is C15H22N2O4. The van der Waals surface area contributed by atoms with Gasteiger partial charge in [0.2, 0.25) is 5.91 Å². The first-order valence-corrected chi connectivity index (χ1v) is 6.81. The van der Waals surface area contributed by atoms with Gasteiger partial charge in [0, 0.05) is 6.42 Å². The minimum atomic E-state index is -1.20. The molecule has 0 atom stereocenters. The molecule has 21 heavy (non-hydrogen) atoms. The predicted molar refractivity (Wildman–Crippen MR) is 80.4 cm³/mol. The average molecular weight is 294 g/mol. The molecule has 0 aliphatic rings. The van der Waals surface area contributed by atoms with Crippen molar-refractivity contribution in [2.24, 2.45) is 11.1 Å². The Bertz CT molecular complexity index is 526. The molecule has 0 fully saturated rings. The lowest BCUT2D eigenvalue weighted by Crippen LogP contribution is -2.21. The monoisotopic (exact) mass is 294 g/mol. The van der Waals surface area contributed by atoms with Crippen molar-refractivity contribution in [1.29, 1.82) is 0 Å². The summed E-state index contributed by atoms with van der Waals surface area (Å²) in [6.07, 6.45) is 1.77. The van der Waals surface area contributed by atoms with Crippen LogP contribution in [0, 0.1) is 5.41 Å². The van der Waals surface area contributed by atoms with E-state index >= 15 is 0 Å². The number of rotatable bonds is 7. The van der Waals surface area contributed by atoms with Crippen LogP contribution in [-0.4, -0.2) is 28.6 Å². The van der Waals surface area contributed by atoms with Crippen molar-refractivity contribution in [3.05, 3.63) is 23.8 Å². The second kappa shape index (κ2) is 7.08. The van der Waals surface area contributed by atoms with Crippen LogP contribution >= 0.6 is 0 Å². The first-order chi connectivity index (χ1) is 9.75. The van der Waals surface area contributed by atoms with Crippen molar-refractivity contribution in [2.75, 3.05) is 11.9 Å². The van der Waals surface area contributed by atoms with Crippen LogP contribution in [0.3, 0.4) is 0 Å². The molecule has 1 aromatic carbocycles. The molecule has 0 aromatic heterocycles. The molecule has 0 aliphatic heterocycles. The van der Waals surface area contributed by atoms with Crippen LogP contribution in [0.4, 0.5) is 5.69 Å². The fourth-order valence-corrected chi connectivity index (χ4v) is 2.00. The van der Waals surface area contributed by atoms with E-state index in [1.54, 1.807) is 0 Å². The lowest BCUT2D eigenvalue weighted by molar-refractivity contribution is -0.116. The Balaban J connectivity index is 2.69. The number of aromatic carboxylic acids is 1. The fraction of sp³-hybridized carbons (Fsp3) is 0.467. The SMILES string of the molecule is CC(C)(CCN)CCC(=O)Nc1ccc(O)cc1C(=O)O. The molecular weight excluding hydrogens is 272 g/mol. The van der Waals surface area contributed by atoms with E-state index in [-0.39, 0.29) is 34.7 Å². The van der Waals surface area contributed by atoms with E-state index in [1.807, 2.05) is 13.8 Å². The Hall–Kier alpha value is -2.08. The lowest BCUT2D eigenvalue weighted by atomic mass is 9.84. The number of carbonyl (C=O) groups is 2. The second-order valence-electron chi connectivity index (χ2n) is 5.79. The largest absolute Gasteiger partial charge is 0.508 e. The molecule has 5 N–H and O–H groups in total. The zero-order valence-electron chi connectivity index (χ0n) is 12.3. The predicted octanol–water partition coefficient (Wildman–Crippen LogP) is 2.18. The number of phenolic OH excluding ortho intramolecular Hbond substituents is 1. The summed E-state index contributed by atoms with van der Waals surface area (Å²) in [6.45, 7) is 4.64. The summed E-state index contributed by atoms with van der Waals surface area (Å²) in [4.78, 5) is 23.0. The number of phenols is 1. The molecule has 1 amide bonds. The van der Waals surface area contributed by atoms with Gasteiger partial charge in [-0.3, -0.25) is 4.79 Å². The smallest absolute Gasteiger partial charge is 0.337 e. The Morgan fingerprint density at radius 3 is 2.52 bits per heavy atom. The van der Waals surface area contributed by atoms with Crippen molar-refractivity contribution < 1.29 is 19.8 Å². The number of aromatic hydroxyl groups is 1. The Labute approximate surface area is 124 Å². The summed E-state index contributed by atoms with van der Waals surface area (Å²) in [5, 5.41) is 20.9. The van der Waals surface area contributed by atoms with Gasteiger partial charge in [0.25, 0.3) is 0 Å². The third kappa shape index (κ3) is 5.43.